The van der Waals surface area contributed by atoms with Crippen LogP contribution in [-0.4, -0.2) is 5.91 Å². The molecule has 0 saturated heterocycles. The number of benzene rings is 1. The van der Waals surface area contributed by atoms with Gasteiger partial charge in [0, 0.05) is 17.7 Å². The number of amides is 1. The molecule has 0 aliphatic heterocycles. The lowest BCUT2D eigenvalue weighted by molar-refractivity contribution is 0.0951. The molecule has 0 aliphatic carbocycles. The average molecular weight is 226 g/mol. The maximum absolute atomic E-state index is 11.7. The van der Waals surface area contributed by atoms with Gasteiger partial charge in [0.1, 0.15) is 0 Å². The first kappa shape index (κ1) is 11.0. The Morgan fingerprint density at radius 2 is 2.06 bits per heavy atom. The average Bonchev–Trinajstić information content (AvgIpc) is 2.89. The molecule has 1 N–H and O–H groups in total. The molecule has 2 aromatic rings. The molecule has 0 aliphatic rings. The van der Waals surface area contributed by atoms with E-state index < -0.39 is 0 Å². The third-order valence-corrected chi connectivity index (χ3v) is 2.31. The summed E-state index contributed by atoms with van der Waals surface area (Å²) < 4.78 is 4.90. The second-order valence-corrected chi connectivity index (χ2v) is 3.50. The van der Waals surface area contributed by atoms with Crippen LogP contribution in [0, 0.1) is 11.3 Å². The van der Waals surface area contributed by atoms with Gasteiger partial charge < -0.3 is 9.73 Å². The lowest BCUT2D eigenvalue weighted by atomic mass is 10.1. The molecule has 1 aromatic carbocycles. The number of carbonyl (C=O) groups is 1. The summed E-state index contributed by atoms with van der Waals surface area (Å²) in [5.41, 5.74) is 1.98. The highest BCUT2D eigenvalue weighted by Crippen LogP contribution is 2.04. The van der Waals surface area contributed by atoms with E-state index in [0.29, 0.717) is 17.7 Å². The summed E-state index contributed by atoms with van der Waals surface area (Å²) in [6, 6.07) is 10.3. The van der Waals surface area contributed by atoms with Crippen LogP contribution in [0.4, 0.5) is 0 Å². The Morgan fingerprint density at radius 1 is 1.29 bits per heavy atom. The Labute approximate surface area is 98.5 Å². The molecule has 0 spiro atoms. The maximum atomic E-state index is 11.7. The molecular weight excluding hydrogens is 216 g/mol. The summed E-state index contributed by atoms with van der Waals surface area (Å²) in [6.45, 7) is 0.426. The largest absolute Gasteiger partial charge is 0.472 e. The fourth-order valence-electron chi connectivity index (χ4n) is 1.37. The maximum Gasteiger partial charge on any atom is 0.251 e. The second-order valence-electron chi connectivity index (χ2n) is 3.50. The third kappa shape index (κ3) is 2.73. The summed E-state index contributed by atoms with van der Waals surface area (Å²) in [7, 11) is 0. The lowest BCUT2D eigenvalue weighted by Crippen LogP contribution is -2.22. The fraction of sp³-hybridized carbons (Fsp3) is 0.0769. The van der Waals surface area contributed by atoms with E-state index in [1.165, 1.54) is 0 Å². The van der Waals surface area contributed by atoms with Gasteiger partial charge in [0.25, 0.3) is 5.91 Å². The lowest BCUT2D eigenvalue weighted by Gasteiger charge is -2.03. The fourth-order valence-corrected chi connectivity index (χ4v) is 1.37. The van der Waals surface area contributed by atoms with E-state index in [0.717, 1.165) is 5.56 Å². The first-order valence-electron chi connectivity index (χ1n) is 5.09. The standard InChI is InChI=1S/C13H10N2O2/c14-7-10-1-3-12(4-2-10)13(16)15-8-11-5-6-17-9-11/h1-6,9H,8H2,(H,15,16). The van der Waals surface area contributed by atoms with Crippen LogP contribution in [0.5, 0.6) is 0 Å². The molecule has 1 aromatic heterocycles. The summed E-state index contributed by atoms with van der Waals surface area (Å²) in [5.74, 6) is -0.171. The minimum absolute atomic E-state index is 0.171. The highest BCUT2D eigenvalue weighted by molar-refractivity contribution is 5.94. The van der Waals surface area contributed by atoms with Crippen LogP contribution < -0.4 is 5.32 Å². The third-order valence-electron chi connectivity index (χ3n) is 2.31. The molecule has 0 bridgehead atoms. The summed E-state index contributed by atoms with van der Waals surface area (Å²) in [6.07, 6.45) is 3.14. The first-order valence-corrected chi connectivity index (χ1v) is 5.09. The summed E-state index contributed by atoms with van der Waals surface area (Å²) in [4.78, 5) is 11.7. The van der Waals surface area contributed by atoms with Crippen molar-refractivity contribution in [3.63, 3.8) is 0 Å². The first-order chi connectivity index (χ1) is 8.29. The number of rotatable bonds is 3. The Hall–Kier alpha value is -2.54. The van der Waals surface area contributed by atoms with Gasteiger partial charge in [-0.05, 0) is 30.3 Å². The van der Waals surface area contributed by atoms with Crippen molar-refractivity contribution >= 4 is 5.91 Å². The van der Waals surface area contributed by atoms with E-state index in [9.17, 15) is 4.79 Å². The molecule has 4 nitrogen and oxygen atoms in total. The van der Waals surface area contributed by atoms with Gasteiger partial charge in [-0.2, -0.15) is 5.26 Å². The number of furan rings is 1. The van der Waals surface area contributed by atoms with Crippen LogP contribution in [-0.2, 0) is 6.54 Å². The van der Waals surface area contributed by atoms with E-state index in [2.05, 4.69) is 5.32 Å². The van der Waals surface area contributed by atoms with Crippen LogP contribution >= 0.6 is 0 Å². The van der Waals surface area contributed by atoms with Crippen molar-refractivity contribution in [3.05, 3.63) is 59.5 Å². The predicted octanol–water partition coefficient (Wildman–Crippen LogP) is 2.08. The van der Waals surface area contributed by atoms with Crippen LogP contribution in [0.1, 0.15) is 21.5 Å². The molecule has 0 unspecified atom stereocenters. The number of nitriles is 1. The zero-order valence-electron chi connectivity index (χ0n) is 9.01. The minimum Gasteiger partial charge on any atom is -0.472 e. The van der Waals surface area contributed by atoms with Crippen LogP contribution in [0.15, 0.2) is 47.3 Å². The van der Waals surface area contributed by atoms with Gasteiger partial charge >= 0.3 is 0 Å². The highest BCUT2D eigenvalue weighted by atomic mass is 16.3. The number of hydrogen-bond acceptors (Lipinski definition) is 3. The molecule has 4 heteroatoms. The van der Waals surface area contributed by atoms with Crippen molar-refractivity contribution in [3.8, 4) is 6.07 Å². The smallest absolute Gasteiger partial charge is 0.251 e. The highest BCUT2D eigenvalue weighted by Gasteiger charge is 2.05. The van der Waals surface area contributed by atoms with E-state index >= 15 is 0 Å². The Kier molecular flexibility index (Phi) is 3.22. The van der Waals surface area contributed by atoms with Crippen molar-refractivity contribution in [1.82, 2.24) is 5.32 Å². The molecule has 0 radical (unpaired) electrons. The van der Waals surface area contributed by atoms with Gasteiger partial charge in [-0.15, -0.1) is 0 Å². The monoisotopic (exact) mass is 226 g/mol. The van der Waals surface area contributed by atoms with Crippen molar-refractivity contribution in [2.75, 3.05) is 0 Å². The normalized spacial score (nSPS) is 9.59. The topological polar surface area (TPSA) is 66.0 Å². The number of carbonyl (C=O) groups excluding carboxylic acids is 1. The van der Waals surface area contributed by atoms with Crippen LogP contribution in [0.25, 0.3) is 0 Å². The van der Waals surface area contributed by atoms with E-state index in [-0.39, 0.29) is 5.91 Å². The molecule has 0 atom stereocenters. The van der Waals surface area contributed by atoms with Gasteiger partial charge in [0.2, 0.25) is 0 Å². The van der Waals surface area contributed by atoms with E-state index in [1.807, 2.05) is 6.07 Å². The zero-order valence-corrected chi connectivity index (χ0v) is 9.01. The summed E-state index contributed by atoms with van der Waals surface area (Å²) in [5, 5.41) is 11.4. The number of hydrogen-bond donors (Lipinski definition) is 1. The van der Waals surface area contributed by atoms with Gasteiger partial charge in [-0.3, -0.25) is 4.79 Å². The number of nitrogens with zero attached hydrogens (tertiary/aromatic N) is 1. The zero-order chi connectivity index (χ0) is 12.1. The van der Waals surface area contributed by atoms with Gasteiger partial charge in [0.05, 0.1) is 24.2 Å². The van der Waals surface area contributed by atoms with Gasteiger partial charge in [-0.25, -0.2) is 0 Å². The SMILES string of the molecule is N#Cc1ccc(C(=O)NCc2ccoc2)cc1. The summed E-state index contributed by atoms with van der Waals surface area (Å²) >= 11 is 0. The number of nitrogens with one attached hydrogen (secondary N) is 1. The van der Waals surface area contributed by atoms with Crippen molar-refractivity contribution in [1.29, 1.82) is 5.26 Å². The van der Waals surface area contributed by atoms with Crippen molar-refractivity contribution < 1.29 is 9.21 Å². The Balaban J connectivity index is 1.97. The molecule has 0 saturated carbocycles. The minimum atomic E-state index is -0.171. The van der Waals surface area contributed by atoms with Gasteiger partial charge in [-0.1, -0.05) is 0 Å². The van der Waals surface area contributed by atoms with Crippen molar-refractivity contribution in [2.24, 2.45) is 0 Å². The van der Waals surface area contributed by atoms with E-state index in [4.69, 9.17) is 9.68 Å². The Morgan fingerprint density at radius 3 is 2.65 bits per heavy atom. The molecule has 2 rings (SSSR count). The quantitative estimate of drug-likeness (QED) is 0.871. The second kappa shape index (κ2) is 4.99. The Bertz CT molecular complexity index is 536. The van der Waals surface area contributed by atoms with Crippen LogP contribution in [0.3, 0.4) is 0 Å². The molecule has 84 valence electrons. The predicted molar refractivity (Wildman–Crippen MR) is 61.0 cm³/mol. The molecule has 17 heavy (non-hydrogen) atoms. The van der Waals surface area contributed by atoms with Gasteiger partial charge in [0.15, 0.2) is 0 Å². The van der Waals surface area contributed by atoms with Crippen molar-refractivity contribution in [2.45, 2.75) is 6.54 Å². The van der Waals surface area contributed by atoms with Crippen LogP contribution in [0.2, 0.25) is 0 Å². The molecule has 1 amide bonds. The molecular formula is C13H10N2O2. The molecule has 1 heterocycles. The molecule has 0 fully saturated rings. The van der Waals surface area contributed by atoms with E-state index in [1.54, 1.807) is 42.9 Å².